The Morgan fingerprint density at radius 2 is 1.15 bits per heavy atom. The fourth-order valence-corrected chi connectivity index (χ4v) is 9.70. The Morgan fingerprint density at radius 1 is 0.475 bits per heavy atom. The van der Waals surface area contributed by atoms with Gasteiger partial charge in [0.25, 0.3) is 0 Å². The third-order valence-electron chi connectivity index (χ3n) is 12.3. The Kier molecular flexibility index (Phi) is 8.90. The molecule has 0 saturated carbocycles. The summed E-state index contributed by atoms with van der Waals surface area (Å²) in [5.41, 5.74) is 15.4. The molecule has 11 rings (SSSR count). The Hall–Kier alpha value is -7.94. The number of para-hydroxylation sites is 1. The number of furan rings is 1. The van der Waals surface area contributed by atoms with Crippen LogP contribution in [0.25, 0.3) is 61.0 Å². The first-order valence-electron chi connectivity index (χ1n) is 20.9. The first-order valence-corrected chi connectivity index (χ1v) is 20.9. The fourth-order valence-electron chi connectivity index (χ4n) is 9.70. The third-order valence-corrected chi connectivity index (χ3v) is 12.3. The highest BCUT2D eigenvalue weighted by Crippen LogP contribution is 2.60. The molecule has 0 atom stereocenters. The van der Waals surface area contributed by atoms with Crippen LogP contribution in [0.3, 0.4) is 0 Å². The maximum Gasteiger partial charge on any atom is 0.143 e. The summed E-state index contributed by atoms with van der Waals surface area (Å²) in [5, 5.41) is 4.52. The molecule has 0 bridgehead atoms. The minimum absolute atomic E-state index is 0.527. The van der Waals surface area contributed by atoms with Crippen molar-refractivity contribution in [1.29, 1.82) is 0 Å². The zero-order chi connectivity index (χ0) is 40.8. The smallest absolute Gasteiger partial charge is 0.143 e. The van der Waals surface area contributed by atoms with Gasteiger partial charge in [0.05, 0.1) is 16.8 Å². The summed E-state index contributed by atoms with van der Waals surface area (Å²) >= 11 is 0. The molecular weight excluding hydrogens is 739 g/mol. The van der Waals surface area contributed by atoms with E-state index in [-0.39, 0.29) is 0 Å². The maximum atomic E-state index is 6.58. The average Bonchev–Trinajstić information content (AvgIpc) is 3.86. The van der Waals surface area contributed by atoms with Gasteiger partial charge in [-0.2, -0.15) is 0 Å². The third kappa shape index (κ3) is 5.87. The first kappa shape index (κ1) is 36.2. The van der Waals surface area contributed by atoms with Gasteiger partial charge in [-0.05, 0) is 86.8 Å². The number of fused-ring (bicyclic) bond motifs is 8. The van der Waals surface area contributed by atoms with E-state index >= 15 is 0 Å². The number of nitrogens with zero attached hydrogens (tertiary/aromatic N) is 1. The predicted molar refractivity (Wildman–Crippen MR) is 257 cm³/mol. The minimum Gasteiger partial charge on any atom is -0.455 e. The molecule has 10 aromatic rings. The van der Waals surface area contributed by atoms with Gasteiger partial charge in [0.15, 0.2) is 0 Å². The maximum absolute atomic E-state index is 6.58. The number of rotatable bonds is 9. The van der Waals surface area contributed by atoms with Gasteiger partial charge in [-0.3, -0.25) is 0 Å². The lowest BCUT2D eigenvalue weighted by Gasteiger charge is -2.34. The van der Waals surface area contributed by atoms with Crippen molar-refractivity contribution >= 4 is 55.8 Å². The molecule has 0 N–H and O–H groups in total. The SMILES string of the molecule is C=C/C=C\C=C\c1ccc(N(c2ccccc2-c2ccc3oc4c5ccccc5ccc4c3c2)c2cccc3c2-c2ccccc2C3(c2ccccc2)c2ccccc2)cc1. The second-order valence-corrected chi connectivity index (χ2v) is 15.6. The molecule has 1 aromatic heterocycles. The molecule has 2 heteroatoms. The van der Waals surface area contributed by atoms with Gasteiger partial charge in [0, 0.05) is 33.0 Å². The van der Waals surface area contributed by atoms with Crippen molar-refractivity contribution in [2.24, 2.45) is 0 Å². The zero-order valence-corrected chi connectivity index (χ0v) is 33.6. The summed E-state index contributed by atoms with van der Waals surface area (Å²) < 4.78 is 6.58. The van der Waals surface area contributed by atoms with Crippen molar-refractivity contribution in [3.8, 4) is 22.3 Å². The molecule has 0 radical (unpaired) electrons. The van der Waals surface area contributed by atoms with E-state index < -0.39 is 5.41 Å². The highest BCUT2D eigenvalue weighted by atomic mass is 16.3. The van der Waals surface area contributed by atoms with Crippen molar-refractivity contribution in [3.63, 3.8) is 0 Å². The zero-order valence-electron chi connectivity index (χ0n) is 33.6. The highest BCUT2D eigenvalue weighted by Gasteiger charge is 2.47. The molecule has 2 nitrogen and oxygen atoms in total. The molecule has 0 fully saturated rings. The lowest BCUT2D eigenvalue weighted by atomic mass is 9.68. The van der Waals surface area contributed by atoms with Crippen LogP contribution in [0.5, 0.6) is 0 Å². The summed E-state index contributed by atoms with van der Waals surface area (Å²) in [5.74, 6) is 0. The number of allylic oxidation sites excluding steroid dienone is 4. The van der Waals surface area contributed by atoms with E-state index in [0.717, 1.165) is 61.1 Å². The lowest BCUT2D eigenvalue weighted by molar-refractivity contribution is 0.672. The second kappa shape index (κ2) is 15.0. The monoisotopic (exact) mass is 779 g/mol. The van der Waals surface area contributed by atoms with Crippen LogP contribution in [0.15, 0.2) is 242 Å². The van der Waals surface area contributed by atoms with Gasteiger partial charge in [-0.1, -0.05) is 201 Å². The summed E-state index contributed by atoms with van der Waals surface area (Å²) in [6.07, 6.45) is 9.91. The van der Waals surface area contributed by atoms with E-state index in [0.29, 0.717) is 0 Å². The van der Waals surface area contributed by atoms with Gasteiger partial charge in [0.1, 0.15) is 11.2 Å². The molecule has 1 aliphatic rings. The summed E-state index contributed by atoms with van der Waals surface area (Å²) in [4.78, 5) is 2.47. The second-order valence-electron chi connectivity index (χ2n) is 15.6. The summed E-state index contributed by atoms with van der Waals surface area (Å²) in [6, 6.07) is 75.1. The topological polar surface area (TPSA) is 16.4 Å². The van der Waals surface area contributed by atoms with E-state index in [1.807, 2.05) is 12.2 Å². The largest absolute Gasteiger partial charge is 0.455 e. The van der Waals surface area contributed by atoms with E-state index in [1.54, 1.807) is 6.08 Å². The number of hydrogen-bond donors (Lipinski definition) is 0. The molecule has 1 aliphatic carbocycles. The van der Waals surface area contributed by atoms with Crippen LogP contribution in [0.4, 0.5) is 17.1 Å². The van der Waals surface area contributed by atoms with Crippen LogP contribution in [-0.4, -0.2) is 0 Å². The Balaban J connectivity index is 1.16. The van der Waals surface area contributed by atoms with Crippen molar-refractivity contribution in [1.82, 2.24) is 0 Å². The van der Waals surface area contributed by atoms with E-state index in [1.165, 1.54) is 38.8 Å². The molecule has 288 valence electrons. The Labute approximate surface area is 356 Å². The Morgan fingerprint density at radius 3 is 1.93 bits per heavy atom. The van der Waals surface area contributed by atoms with Crippen LogP contribution >= 0.6 is 0 Å². The van der Waals surface area contributed by atoms with E-state index in [2.05, 4.69) is 230 Å². The average molecular weight is 780 g/mol. The molecule has 9 aromatic carbocycles. The van der Waals surface area contributed by atoms with Crippen LogP contribution in [0, 0.1) is 0 Å². The molecule has 0 spiro atoms. The molecule has 0 aliphatic heterocycles. The normalized spacial score (nSPS) is 13.0. The minimum atomic E-state index is -0.527. The van der Waals surface area contributed by atoms with Gasteiger partial charge < -0.3 is 9.32 Å². The molecule has 0 unspecified atom stereocenters. The molecule has 0 saturated heterocycles. The summed E-state index contributed by atoms with van der Waals surface area (Å²) in [7, 11) is 0. The van der Waals surface area contributed by atoms with Gasteiger partial charge in [-0.25, -0.2) is 0 Å². The van der Waals surface area contributed by atoms with Crippen molar-refractivity contribution in [2.45, 2.75) is 5.41 Å². The highest BCUT2D eigenvalue weighted by molar-refractivity contribution is 6.16. The Bertz CT molecular complexity index is 3280. The molecule has 1 heterocycles. The number of anilines is 3. The lowest BCUT2D eigenvalue weighted by Crippen LogP contribution is -2.28. The number of hydrogen-bond acceptors (Lipinski definition) is 2. The van der Waals surface area contributed by atoms with Crippen LogP contribution in [0.2, 0.25) is 0 Å². The van der Waals surface area contributed by atoms with Crippen LogP contribution < -0.4 is 4.90 Å². The quantitative estimate of drug-likeness (QED) is 0.136. The van der Waals surface area contributed by atoms with Gasteiger partial charge in [0.2, 0.25) is 0 Å². The van der Waals surface area contributed by atoms with Crippen molar-refractivity contribution < 1.29 is 4.42 Å². The van der Waals surface area contributed by atoms with E-state index in [9.17, 15) is 0 Å². The fraction of sp³-hybridized carbons (Fsp3) is 0.0169. The van der Waals surface area contributed by atoms with Crippen molar-refractivity contribution in [2.75, 3.05) is 4.90 Å². The van der Waals surface area contributed by atoms with Crippen LogP contribution in [0.1, 0.15) is 27.8 Å². The standard InChI is InChI=1S/C59H41NO/c1-2-3-4-7-19-41-32-36-46(37-33-41)60(54-30-17-15-25-47(54)43-35-39-56-51(40-43)49-38-34-42-20-12-13-26-48(42)58(49)61-56)55-31-18-29-53-57(55)50-27-14-16-28-52(50)59(53,44-21-8-5-9-22-44)45-23-10-6-11-24-45/h2-40H,1H2/b4-3-,19-7+. The summed E-state index contributed by atoms with van der Waals surface area (Å²) in [6.45, 7) is 3.81. The predicted octanol–water partition coefficient (Wildman–Crippen LogP) is 16.0. The van der Waals surface area contributed by atoms with Gasteiger partial charge >= 0.3 is 0 Å². The van der Waals surface area contributed by atoms with Gasteiger partial charge in [-0.15, -0.1) is 0 Å². The molecule has 61 heavy (non-hydrogen) atoms. The van der Waals surface area contributed by atoms with E-state index in [4.69, 9.17) is 4.42 Å². The molecule has 0 amide bonds. The first-order chi connectivity index (χ1) is 30.2. The van der Waals surface area contributed by atoms with Crippen molar-refractivity contribution in [3.05, 3.63) is 265 Å². The molecular formula is C59H41NO. The number of benzene rings is 9. The van der Waals surface area contributed by atoms with Crippen LogP contribution in [-0.2, 0) is 5.41 Å².